The number of nitrogens with zero attached hydrogens (tertiary/aromatic N) is 3. The van der Waals surface area contributed by atoms with Crippen molar-refractivity contribution in [3.05, 3.63) is 28.8 Å². The monoisotopic (exact) mass is 210 g/mol. The molecule has 0 radical (unpaired) electrons. The van der Waals surface area contributed by atoms with Crippen LogP contribution in [0.2, 0.25) is 5.15 Å². The molecule has 0 aliphatic rings. The lowest BCUT2D eigenvalue weighted by Gasteiger charge is -2.01. The summed E-state index contributed by atoms with van der Waals surface area (Å²) in [6.07, 6.45) is 3.76. The van der Waals surface area contributed by atoms with Gasteiger partial charge in [0.25, 0.3) is 0 Å². The Hall–Kier alpha value is -1.13. The van der Waals surface area contributed by atoms with Crippen molar-refractivity contribution in [2.45, 2.75) is 13.5 Å². The van der Waals surface area contributed by atoms with Gasteiger partial charge in [-0.1, -0.05) is 11.6 Å². The number of halogens is 1. The van der Waals surface area contributed by atoms with Crippen LogP contribution >= 0.6 is 11.6 Å². The standard InChI is InChI=1S/C9H11ClN4/c1-6-3-12-9-13-8(10)7(4-11-2)14(9)5-6/h3,5,11H,4H2,1-2H3. The van der Waals surface area contributed by atoms with E-state index in [0.29, 0.717) is 17.5 Å². The lowest BCUT2D eigenvalue weighted by Crippen LogP contribution is -2.08. The van der Waals surface area contributed by atoms with Crippen molar-refractivity contribution >= 4 is 17.4 Å². The van der Waals surface area contributed by atoms with Crippen molar-refractivity contribution < 1.29 is 0 Å². The van der Waals surface area contributed by atoms with Crippen LogP contribution in [0.4, 0.5) is 0 Å². The molecule has 2 aromatic rings. The van der Waals surface area contributed by atoms with Gasteiger partial charge in [0, 0.05) is 18.9 Å². The molecule has 1 N–H and O–H groups in total. The fourth-order valence-electron chi connectivity index (χ4n) is 1.38. The number of nitrogens with one attached hydrogen (secondary N) is 1. The number of aromatic nitrogens is 3. The summed E-state index contributed by atoms with van der Waals surface area (Å²) in [6.45, 7) is 2.68. The van der Waals surface area contributed by atoms with E-state index in [1.54, 1.807) is 6.20 Å². The summed E-state index contributed by atoms with van der Waals surface area (Å²) in [7, 11) is 1.87. The molecular formula is C9H11ClN4. The lowest BCUT2D eigenvalue weighted by molar-refractivity contribution is 0.779. The highest BCUT2D eigenvalue weighted by Crippen LogP contribution is 2.16. The first-order valence-corrected chi connectivity index (χ1v) is 4.74. The zero-order valence-electron chi connectivity index (χ0n) is 8.08. The van der Waals surface area contributed by atoms with Crippen molar-refractivity contribution in [1.82, 2.24) is 19.7 Å². The minimum atomic E-state index is 0.512. The van der Waals surface area contributed by atoms with Crippen molar-refractivity contribution in [1.29, 1.82) is 0 Å². The quantitative estimate of drug-likeness (QED) is 0.815. The van der Waals surface area contributed by atoms with Crippen LogP contribution < -0.4 is 5.32 Å². The van der Waals surface area contributed by atoms with Crippen LogP contribution in [0.15, 0.2) is 12.4 Å². The van der Waals surface area contributed by atoms with Gasteiger partial charge in [0.05, 0.1) is 5.69 Å². The predicted molar refractivity (Wildman–Crippen MR) is 55.5 cm³/mol. The van der Waals surface area contributed by atoms with Crippen LogP contribution in [0.25, 0.3) is 5.78 Å². The van der Waals surface area contributed by atoms with Gasteiger partial charge in [-0.2, -0.15) is 4.98 Å². The van der Waals surface area contributed by atoms with E-state index in [2.05, 4.69) is 15.3 Å². The van der Waals surface area contributed by atoms with Crippen molar-refractivity contribution in [2.24, 2.45) is 0 Å². The fraction of sp³-hybridized carbons (Fsp3) is 0.333. The molecule has 4 nitrogen and oxygen atoms in total. The normalized spacial score (nSPS) is 11.1. The van der Waals surface area contributed by atoms with Gasteiger partial charge < -0.3 is 5.32 Å². The van der Waals surface area contributed by atoms with Crippen LogP contribution in [0.3, 0.4) is 0 Å². The van der Waals surface area contributed by atoms with E-state index in [1.165, 1.54) is 0 Å². The summed E-state index contributed by atoms with van der Waals surface area (Å²) >= 11 is 5.99. The largest absolute Gasteiger partial charge is 0.314 e. The molecular weight excluding hydrogens is 200 g/mol. The molecule has 0 saturated heterocycles. The Balaban J connectivity index is 2.66. The molecule has 14 heavy (non-hydrogen) atoms. The predicted octanol–water partition coefficient (Wildman–Crippen LogP) is 1.41. The number of aryl methyl sites for hydroxylation is 1. The van der Waals surface area contributed by atoms with E-state index in [-0.39, 0.29) is 0 Å². The maximum Gasteiger partial charge on any atom is 0.235 e. The Morgan fingerprint density at radius 1 is 1.57 bits per heavy atom. The molecule has 0 saturated carbocycles. The lowest BCUT2D eigenvalue weighted by atomic mass is 10.4. The van der Waals surface area contributed by atoms with Gasteiger partial charge in [-0.3, -0.25) is 4.40 Å². The molecule has 0 aromatic carbocycles. The summed E-state index contributed by atoms with van der Waals surface area (Å²) in [6, 6.07) is 0. The third kappa shape index (κ3) is 1.47. The molecule has 0 amide bonds. The first kappa shape index (κ1) is 9.43. The first-order valence-electron chi connectivity index (χ1n) is 4.36. The zero-order valence-corrected chi connectivity index (χ0v) is 8.84. The second-order valence-corrected chi connectivity index (χ2v) is 3.54. The fourth-order valence-corrected chi connectivity index (χ4v) is 1.61. The van der Waals surface area contributed by atoms with Gasteiger partial charge in [-0.05, 0) is 19.5 Å². The Morgan fingerprint density at radius 3 is 3.07 bits per heavy atom. The smallest absolute Gasteiger partial charge is 0.235 e. The van der Waals surface area contributed by atoms with Gasteiger partial charge in [0.15, 0.2) is 5.15 Å². The molecule has 74 valence electrons. The van der Waals surface area contributed by atoms with Crippen LogP contribution in [-0.2, 0) is 6.54 Å². The number of imidazole rings is 1. The minimum Gasteiger partial charge on any atom is -0.314 e. The van der Waals surface area contributed by atoms with E-state index in [0.717, 1.165) is 11.3 Å². The Bertz CT molecular complexity index is 463. The van der Waals surface area contributed by atoms with Gasteiger partial charge >= 0.3 is 0 Å². The molecule has 0 aliphatic carbocycles. The van der Waals surface area contributed by atoms with E-state index in [9.17, 15) is 0 Å². The molecule has 2 heterocycles. The molecule has 0 spiro atoms. The third-order valence-corrected chi connectivity index (χ3v) is 2.31. The number of hydrogen-bond acceptors (Lipinski definition) is 3. The van der Waals surface area contributed by atoms with Crippen LogP contribution in [0, 0.1) is 6.92 Å². The summed E-state index contributed by atoms with van der Waals surface area (Å²) in [5, 5.41) is 3.56. The SMILES string of the molecule is CNCc1c(Cl)nc2ncc(C)cn12. The molecule has 0 fully saturated rings. The van der Waals surface area contributed by atoms with E-state index in [1.807, 2.05) is 24.6 Å². The zero-order chi connectivity index (χ0) is 10.1. The van der Waals surface area contributed by atoms with Gasteiger partial charge in [-0.15, -0.1) is 0 Å². The van der Waals surface area contributed by atoms with Gasteiger partial charge in [0.1, 0.15) is 0 Å². The third-order valence-electron chi connectivity index (χ3n) is 2.00. The molecule has 5 heteroatoms. The van der Waals surface area contributed by atoms with Crippen molar-refractivity contribution in [2.75, 3.05) is 7.05 Å². The minimum absolute atomic E-state index is 0.512. The Labute approximate surface area is 86.9 Å². The first-order chi connectivity index (χ1) is 6.72. The van der Waals surface area contributed by atoms with E-state index in [4.69, 9.17) is 11.6 Å². The highest BCUT2D eigenvalue weighted by Gasteiger charge is 2.09. The maximum atomic E-state index is 5.99. The van der Waals surface area contributed by atoms with Crippen molar-refractivity contribution in [3.63, 3.8) is 0 Å². The molecule has 0 unspecified atom stereocenters. The van der Waals surface area contributed by atoms with Crippen LogP contribution in [-0.4, -0.2) is 21.4 Å². The van der Waals surface area contributed by atoms with Gasteiger partial charge in [-0.25, -0.2) is 4.98 Å². The summed E-state index contributed by atoms with van der Waals surface area (Å²) in [5.74, 6) is 0.644. The summed E-state index contributed by atoms with van der Waals surface area (Å²) in [5.41, 5.74) is 2.03. The number of rotatable bonds is 2. The van der Waals surface area contributed by atoms with E-state index < -0.39 is 0 Å². The highest BCUT2D eigenvalue weighted by molar-refractivity contribution is 6.30. The van der Waals surface area contributed by atoms with Crippen molar-refractivity contribution in [3.8, 4) is 0 Å². The molecule has 2 aromatic heterocycles. The average molecular weight is 211 g/mol. The molecule has 0 atom stereocenters. The second kappa shape index (κ2) is 3.55. The molecule has 0 aliphatic heterocycles. The Morgan fingerprint density at radius 2 is 2.36 bits per heavy atom. The maximum absolute atomic E-state index is 5.99. The summed E-state index contributed by atoms with van der Waals surface area (Å²) in [4.78, 5) is 8.33. The van der Waals surface area contributed by atoms with Crippen LogP contribution in [0.1, 0.15) is 11.3 Å². The second-order valence-electron chi connectivity index (χ2n) is 3.18. The van der Waals surface area contributed by atoms with Gasteiger partial charge in [0.2, 0.25) is 5.78 Å². The molecule has 2 rings (SSSR count). The number of fused-ring (bicyclic) bond motifs is 1. The molecule has 0 bridgehead atoms. The average Bonchev–Trinajstić information content (AvgIpc) is 2.45. The highest BCUT2D eigenvalue weighted by atomic mass is 35.5. The number of hydrogen-bond donors (Lipinski definition) is 1. The summed E-state index contributed by atoms with van der Waals surface area (Å²) < 4.78 is 1.91. The van der Waals surface area contributed by atoms with E-state index >= 15 is 0 Å². The Kier molecular flexibility index (Phi) is 2.39. The van der Waals surface area contributed by atoms with Crippen LogP contribution in [0.5, 0.6) is 0 Å². The topological polar surface area (TPSA) is 42.2 Å².